The number of rotatable bonds is 0. The van der Waals surface area contributed by atoms with Crippen molar-refractivity contribution in [2.24, 2.45) is 10.2 Å². The van der Waals surface area contributed by atoms with E-state index in [1.807, 2.05) is 20.8 Å². The second-order valence-corrected chi connectivity index (χ2v) is 4.80. The van der Waals surface area contributed by atoms with E-state index >= 15 is 0 Å². The van der Waals surface area contributed by atoms with Gasteiger partial charge in [0.1, 0.15) is 5.60 Å². The van der Waals surface area contributed by atoms with Gasteiger partial charge >= 0.3 is 6.09 Å². The first kappa shape index (κ1) is 10.9. The number of hydrogen-bond acceptors (Lipinski definition) is 4. The van der Waals surface area contributed by atoms with E-state index in [0.29, 0.717) is 6.54 Å². The largest absolute Gasteiger partial charge is 0.443 e. The Morgan fingerprint density at radius 2 is 2.25 bits per heavy atom. The molecule has 2 aliphatic heterocycles. The summed E-state index contributed by atoms with van der Waals surface area (Å²) in [6.07, 6.45) is 3.81. The highest BCUT2D eigenvalue weighted by molar-refractivity contribution is 6.19. The van der Waals surface area contributed by atoms with Crippen LogP contribution in [0.5, 0.6) is 0 Å². The Bertz CT molecular complexity index is 402. The van der Waals surface area contributed by atoms with Crippen molar-refractivity contribution in [2.75, 3.05) is 6.54 Å². The maximum Gasteiger partial charge on any atom is 0.414 e. The molecule has 0 aromatic rings. The molecule has 0 saturated heterocycles. The Morgan fingerprint density at radius 3 is 2.94 bits per heavy atom. The molecular formula is C11H15N3O2. The number of carbonyl (C=O) groups is 1. The average Bonchev–Trinajstić information content (AvgIpc) is 2.61. The first-order chi connectivity index (χ1) is 7.46. The predicted octanol–water partition coefficient (Wildman–Crippen LogP) is 1.95. The summed E-state index contributed by atoms with van der Waals surface area (Å²) in [7, 11) is 0. The Balaban J connectivity index is 2.07. The van der Waals surface area contributed by atoms with Crippen LogP contribution in [-0.4, -0.2) is 35.1 Å². The molecule has 0 saturated carbocycles. The molecule has 0 atom stereocenters. The fourth-order valence-corrected chi connectivity index (χ4v) is 1.52. The van der Waals surface area contributed by atoms with Crippen molar-refractivity contribution in [3.8, 4) is 0 Å². The summed E-state index contributed by atoms with van der Waals surface area (Å²) in [6.45, 7) is 6.16. The normalized spacial score (nSPS) is 19.1. The Labute approximate surface area is 94.5 Å². The van der Waals surface area contributed by atoms with Crippen LogP contribution in [0.4, 0.5) is 4.79 Å². The van der Waals surface area contributed by atoms with E-state index in [-0.39, 0.29) is 6.09 Å². The van der Waals surface area contributed by atoms with E-state index in [1.54, 1.807) is 17.3 Å². The Morgan fingerprint density at radius 1 is 1.50 bits per heavy atom. The molecule has 2 heterocycles. The highest BCUT2D eigenvalue weighted by Crippen LogP contribution is 2.18. The molecule has 0 unspecified atom stereocenters. The van der Waals surface area contributed by atoms with Gasteiger partial charge in [0.2, 0.25) is 0 Å². The molecule has 0 radical (unpaired) electrons. The zero-order valence-electron chi connectivity index (χ0n) is 9.73. The van der Waals surface area contributed by atoms with Gasteiger partial charge < -0.3 is 4.74 Å². The number of ether oxygens (including phenoxy) is 1. The third-order valence-electron chi connectivity index (χ3n) is 2.22. The van der Waals surface area contributed by atoms with Gasteiger partial charge in [-0.15, -0.1) is 0 Å². The Kier molecular flexibility index (Phi) is 2.53. The van der Waals surface area contributed by atoms with Crippen molar-refractivity contribution in [2.45, 2.75) is 32.8 Å². The second kappa shape index (κ2) is 3.73. The third-order valence-corrected chi connectivity index (χ3v) is 2.22. The van der Waals surface area contributed by atoms with Crippen molar-refractivity contribution >= 4 is 18.0 Å². The van der Waals surface area contributed by atoms with Crippen molar-refractivity contribution < 1.29 is 9.53 Å². The zero-order valence-corrected chi connectivity index (χ0v) is 9.73. The minimum absolute atomic E-state index is 0.320. The molecule has 0 aliphatic carbocycles. The molecule has 0 aromatic carbocycles. The van der Waals surface area contributed by atoms with Crippen LogP contribution in [0.25, 0.3) is 0 Å². The van der Waals surface area contributed by atoms with Crippen LogP contribution < -0.4 is 0 Å². The van der Waals surface area contributed by atoms with E-state index in [4.69, 9.17) is 4.74 Å². The summed E-state index contributed by atoms with van der Waals surface area (Å²) in [5, 5.41) is 7.78. The summed E-state index contributed by atoms with van der Waals surface area (Å²) in [5.41, 5.74) is 1.38. The standard InChI is InChI=1S/C11H15N3O2/c1-11(2,3)16-10(15)14-5-4-9-8(7-14)6-12-13-9/h6-7H,4-5H2,1-3H3. The number of amides is 1. The van der Waals surface area contributed by atoms with Gasteiger partial charge in [-0.1, -0.05) is 0 Å². The third kappa shape index (κ3) is 2.29. The lowest BCUT2D eigenvalue weighted by molar-refractivity contribution is 0.0336. The summed E-state index contributed by atoms with van der Waals surface area (Å²) >= 11 is 0. The maximum atomic E-state index is 11.8. The van der Waals surface area contributed by atoms with Gasteiger partial charge in [0.25, 0.3) is 0 Å². The van der Waals surface area contributed by atoms with Crippen molar-refractivity contribution in [3.05, 3.63) is 11.8 Å². The molecule has 5 nitrogen and oxygen atoms in total. The molecule has 16 heavy (non-hydrogen) atoms. The van der Waals surface area contributed by atoms with Crippen LogP contribution in [0.3, 0.4) is 0 Å². The molecule has 2 aliphatic rings. The predicted molar refractivity (Wildman–Crippen MR) is 61.6 cm³/mol. The molecule has 0 spiro atoms. The average molecular weight is 221 g/mol. The van der Waals surface area contributed by atoms with E-state index in [2.05, 4.69) is 10.2 Å². The number of nitrogens with zero attached hydrogens (tertiary/aromatic N) is 3. The lowest BCUT2D eigenvalue weighted by Gasteiger charge is -2.27. The van der Waals surface area contributed by atoms with Crippen LogP contribution in [0.15, 0.2) is 22.0 Å². The van der Waals surface area contributed by atoms with E-state index in [0.717, 1.165) is 17.7 Å². The molecular weight excluding hydrogens is 206 g/mol. The van der Waals surface area contributed by atoms with Crippen molar-refractivity contribution in [1.29, 1.82) is 0 Å². The monoisotopic (exact) mass is 221 g/mol. The molecule has 86 valence electrons. The van der Waals surface area contributed by atoms with Crippen LogP contribution in [0, 0.1) is 0 Å². The van der Waals surface area contributed by atoms with Crippen molar-refractivity contribution in [1.82, 2.24) is 4.90 Å². The van der Waals surface area contributed by atoms with Gasteiger partial charge in [0.15, 0.2) is 0 Å². The molecule has 2 rings (SSSR count). The number of carbonyl (C=O) groups excluding carboxylic acids is 1. The van der Waals surface area contributed by atoms with Crippen LogP contribution >= 0.6 is 0 Å². The first-order valence-corrected chi connectivity index (χ1v) is 5.27. The van der Waals surface area contributed by atoms with Crippen LogP contribution in [0.1, 0.15) is 27.2 Å². The highest BCUT2D eigenvalue weighted by atomic mass is 16.6. The summed E-state index contributed by atoms with van der Waals surface area (Å²) in [4.78, 5) is 13.3. The van der Waals surface area contributed by atoms with Gasteiger partial charge in [0, 0.05) is 24.7 Å². The Hall–Kier alpha value is -1.65. The van der Waals surface area contributed by atoms with E-state index < -0.39 is 5.60 Å². The fourth-order valence-electron chi connectivity index (χ4n) is 1.52. The first-order valence-electron chi connectivity index (χ1n) is 5.27. The minimum atomic E-state index is -0.465. The molecule has 0 fully saturated rings. The summed E-state index contributed by atoms with van der Waals surface area (Å²) in [5.74, 6) is 0. The van der Waals surface area contributed by atoms with Crippen LogP contribution in [-0.2, 0) is 4.74 Å². The SMILES string of the molecule is CC(C)(C)OC(=O)N1C=C2C=NN=C2CC1. The molecule has 0 bridgehead atoms. The molecule has 0 aromatic heterocycles. The minimum Gasteiger partial charge on any atom is -0.443 e. The number of hydrogen-bond donors (Lipinski definition) is 0. The van der Waals surface area contributed by atoms with Gasteiger partial charge in [-0.05, 0) is 20.8 Å². The topological polar surface area (TPSA) is 54.3 Å². The van der Waals surface area contributed by atoms with Crippen molar-refractivity contribution in [3.63, 3.8) is 0 Å². The van der Waals surface area contributed by atoms with E-state index in [9.17, 15) is 4.79 Å². The van der Waals surface area contributed by atoms with Gasteiger partial charge in [0.05, 0.1) is 11.9 Å². The second-order valence-electron chi connectivity index (χ2n) is 4.80. The maximum absolute atomic E-state index is 11.8. The molecule has 0 N–H and O–H groups in total. The number of allylic oxidation sites excluding steroid dienone is 1. The fraction of sp³-hybridized carbons (Fsp3) is 0.545. The lowest BCUT2D eigenvalue weighted by Crippen LogP contribution is -2.37. The molecule has 1 amide bonds. The van der Waals surface area contributed by atoms with Gasteiger partial charge in [-0.3, -0.25) is 4.90 Å². The van der Waals surface area contributed by atoms with Gasteiger partial charge in [-0.2, -0.15) is 10.2 Å². The van der Waals surface area contributed by atoms with E-state index in [1.165, 1.54) is 0 Å². The number of fused-ring (bicyclic) bond motifs is 1. The zero-order chi connectivity index (χ0) is 11.8. The smallest absolute Gasteiger partial charge is 0.414 e. The van der Waals surface area contributed by atoms with Crippen LogP contribution in [0.2, 0.25) is 0 Å². The summed E-state index contributed by atoms with van der Waals surface area (Å²) in [6, 6.07) is 0. The quantitative estimate of drug-likeness (QED) is 0.627. The molecule has 5 heteroatoms. The highest BCUT2D eigenvalue weighted by Gasteiger charge is 2.26. The lowest BCUT2D eigenvalue weighted by atomic mass is 10.1. The summed E-state index contributed by atoms with van der Waals surface area (Å²) < 4.78 is 5.28. The van der Waals surface area contributed by atoms with Gasteiger partial charge in [-0.25, -0.2) is 4.79 Å².